The second kappa shape index (κ2) is 9.55. The minimum Gasteiger partial charge on any atom is -0.492 e. The smallest absolute Gasteiger partial charge is 0.253 e. The Bertz CT molecular complexity index is 937. The molecule has 1 N–H and O–H groups in total. The highest BCUT2D eigenvalue weighted by molar-refractivity contribution is 9.10. The minimum atomic E-state index is -3.75. The lowest BCUT2D eigenvalue weighted by molar-refractivity contribution is 0.0773. The summed E-state index contributed by atoms with van der Waals surface area (Å²) in [6.07, 6.45) is 5.08. The summed E-state index contributed by atoms with van der Waals surface area (Å²) in [6.45, 7) is 0.542. The molecule has 2 aromatic carbocycles. The Morgan fingerprint density at radius 1 is 1.26 bits per heavy atom. The van der Waals surface area contributed by atoms with Crippen LogP contribution in [0.4, 0.5) is 0 Å². The first kappa shape index (κ1) is 21.0. The van der Waals surface area contributed by atoms with Crippen LogP contribution in [0.3, 0.4) is 0 Å². The fourth-order valence-electron chi connectivity index (χ4n) is 2.17. The van der Waals surface area contributed by atoms with E-state index in [2.05, 4.69) is 26.6 Å². The van der Waals surface area contributed by atoms with Gasteiger partial charge in [0, 0.05) is 17.1 Å². The highest BCUT2D eigenvalue weighted by atomic mass is 79.9. The van der Waals surface area contributed by atoms with Gasteiger partial charge in [-0.05, 0) is 42.5 Å². The van der Waals surface area contributed by atoms with Gasteiger partial charge in [-0.25, -0.2) is 8.42 Å². The molecule has 1 amide bonds. The van der Waals surface area contributed by atoms with Crippen molar-refractivity contribution in [1.82, 2.24) is 9.62 Å². The van der Waals surface area contributed by atoms with Gasteiger partial charge in [0.2, 0.25) is 10.0 Å². The van der Waals surface area contributed by atoms with Gasteiger partial charge in [0.15, 0.2) is 0 Å². The Labute approximate surface area is 167 Å². The van der Waals surface area contributed by atoms with Crippen LogP contribution in [0.25, 0.3) is 0 Å². The molecule has 0 radical (unpaired) electrons. The number of ether oxygens (including phenoxy) is 1. The van der Waals surface area contributed by atoms with E-state index in [4.69, 9.17) is 11.2 Å². The molecular weight excluding hydrogens is 432 g/mol. The summed E-state index contributed by atoms with van der Waals surface area (Å²) in [5.41, 5.74) is 0.268. The van der Waals surface area contributed by atoms with Crippen molar-refractivity contribution in [1.29, 1.82) is 0 Å². The number of amides is 1. The number of likely N-dealkylation sites (N-methyl/N-ethyl adjacent to an activating group) is 1. The molecule has 0 aromatic heterocycles. The van der Waals surface area contributed by atoms with Crippen LogP contribution in [-0.4, -0.2) is 46.0 Å². The third-order valence-corrected chi connectivity index (χ3v) is 5.54. The SMILES string of the molecule is C#CCNS(=O)(=O)c1cccc(C(=O)N(C)CCOc2ccc(Br)cc2)c1. The number of terminal acetylenes is 1. The molecule has 0 aliphatic carbocycles. The maximum atomic E-state index is 12.5. The van der Waals surface area contributed by atoms with E-state index in [1.54, 1.807) is 13.1 Å². The van der Waals surface area contributed by atoms with Crippen LogP contribution in [0, 0.1) is 12.3 Å². The highest BCUT2D eigenvalue weighted by Gasteiger charge is 2.17. The zero-order valence-electron chi connectivity index (χ0n) is 14.7. The summed E-state index contributed by atoms with van der Waals surface area (Å²) in [5.74, 6) is 2.61. The molecule has 0 unspecified atom stereocenters. The summed E-state index contributed by atoms with van der Waals surface area (Å²) >= 11 is 3.35. The Balaban J connectivity index is 1.99. The first-order valence-electron chi connectivity index (χ1n) is 8.00. The zero-order valence-corrected chi connectivity index (χ0v) is 17.1. The van der Waals surface area contributed by atoms with Gasteiger partial charge in [0.1, 0.15) is 12.4 Å². The summed E-state index contributed by atoms with van der Waals surface area (Å²) < 4.78 is 33.1. The highest BCUT2D eigenvalue weighted by Crippen LogP contribution is 2.16. The molecular formula is C19H19BrN2O4S. The van der Waals surface area contributed by atoms with E-state index in [0.29, 0.717) is 18.9 Å². The van der Waals surface area contributed by atoms with E-state index in [1.807, 2.05) is 24.3 Å². The maximum Gasteiger partial charge on any atom is 0.253 e. The lowest BCUT2D eigenvalue weighted by Gasteiger charge is -2.18. The number of halogens is 1. The Morgan fingerprint density at radius 3 is 2.63 bits per heavy atom. The van der Waals surface area contributed by atoms with Gasteiger partial charge >= 0.3 is 0 Å². The molecule has 0 saturated heterocycles. The molecule has 0 saturated carbocycles. The molecule has 142 valence electrons. The van der Waals surface area contributed by atoms with Crippen molar-refractivity contribution in [3.63, 3.8) is 0 Å². The number of carbonyl (C=O) groups excluding carboxylic acids is 1. The van der Waals surface area contributed by atoms with E-state index >= 15 is 0 Å². The fourth-order valence-corrected chi connectivity index (χ4v) is 3.41. The first-order valence-corrected chi connectivity index (χ1v) is 10.3. The number of hydrogen-bond acceptors (Lipinski definition) is 4. The van der Waals surface area contributed by atoms with Crippen LogP contribution in [0.15, 0.2) is 57.9 Å². The number of hydrogen-bond donors (Lipinski definition) is 1. The van der Waals surface area contributed by atoms with Gasteiger partial charge in [0.25, 0.3) is 5.91 Å². The van der Waals surface area contributed by atoms with Crippen molar-refractivity contribution in [2.45, 2.75) is 4.90 Å². The van der Waals surface area contributed by atoms with Crippen molar-refractivity contribution in [3.05, 3.63) is 58.6 Å². The van der Waals surface area contributed by atoms with Crippen LogP contribution < -0.4 is 9.46 Å². The largest absolute Gasteiger partial charge is 0.492 e. The van der Waals surface area contributed by atoms with Gasteiger partial charge in [-0.2, -0.15) is 4.72 Å². The quantitative estimate of drug-likeness (QED) is 0.626. The number of sulfonamides is 1. The zero-order chi connectivity index (χ0) is 19.9. The molecule has 0 atom stereocenters. The third-order valence-electron chi connectivity index (χ3n) is 3.61. The average Bonchev–Trinajstić information content (AvgIpc) is 2.67. The second-order valence-corrected chi connectivity index (χ2v) is 8.27. The molecule has 2 aromatic rings. The molecule has 0 aliphatic rings. The molecule has 0 fully saturated rings. The lowest BCUT2D eigenvalue weighted by atomic mass is 10.2. The van der Waals surface area contributed by atoms with Gasteiger partial charge in [0.05, 0.1) is 18.0 Å². The standard InChI is InChI=1S/C19H19BrN2O4S/c1-3-11-21-27(24,25)18-6-4-5-15(14-18)19(23)22(2)12-13-26-17-9-7-16(20)8-10-17/h1,4-10,14,21H,11-13H2,2H3. The number of carbonyl (C=O) groups is 1. The van der Waals surface area contributed by atoms with Crippen LogP contribution in [0.2, 0.25) is 0 Å². The van der Waals surface area contributed by atoms with Crippen LogP contribution in [0.5, 0.6) is 5.75 Å². The van der Waals surface area contributed by atoms with Crippen molar-refractivity contribution >= 4 is 31.9 Å². The predicted molar refractivity (Wildman–Crippen MR) is 107 cm³/mol. The van der Waals surface area contributed by atoms with E-state index in [-0.39, 0.29) is 22.9 Å². The van der Waals surface area contributed by atoms with Crippen LogP contribution in [0.1, 0.15) is 10.4 Å². The lowest BCUT2D eigenvalue weighted by Crippen LogP contribution is -2.31. The van der Waals surface area contributed by atoms with Crippen molar-refractivity contribution in [2.24, 2.45) is 0 Å². The number of benzene rings is 2. The molecule has 6 nitrogen and oxygen atoms in total. The minimum absolute atomic E-state index is 0.0110. The molecule has 8 heteroatoms. The molecule has 0 bridgehead atoms. The first-order chi connectivity index (χ1) is 12.8. The Morgan fingerprint density at radius 2 is 1.96 bits per heavy atom. The molecule has 0 aliphatic heterocycles. The van der Waals surface area contributed by atoms with Gasteiger partial charge in [-0.15, -0.1) is 6.42 Å². The molecule has 27 heavy (non-hydrogen) atoms. The van der Waals surface area contributed by atoms with Crippen molar-refractivity contribution in [3.8, 4) is 18.1 Å². The predicted octanol–water partition coefficient (Wildman–Crippen LogP) is 2.51. The maximum absolute atomic E-state index is 12.5. The van der Waals surface area contributed by atoms with E-state index < -0.39 is 10.0 Å². The summed E-state index contributed by atoms with van der Waals surface area (Å²) in [5, 5.41) is 0. The molecule has 2 rings (SSSR count). The van der Waals surface area contributed by atoms with E-state index in [9.17, 15) is 13.2 Å². The number of rotatable bonds is 8. The third kappa shape index (κ3) is 6.10. The molecule has 0 spiro atoms. The normalized spacial score (nSPS) is 10.9. The van der Waals surface area contributed by atoms with Crippen LogP contribution >= 0.6 is 15.9 Å². The van der Waals surface area contributed by atoms with Crippen LogP contribution in [-0.2, 0) is 10.0 Å². The number of nitrogens with zero attached hydrogens (tertiary/aromatic N) is 1. The van der Waals surface area contributed by atoms with Gasteiger partial charge in [-0.3, -0.25) is 4.79 Å². The van der Waals surface area contributed by atoms with Gasteiger partial charge in [-0.1, -0.05) is 27.9 Å². The number of nitrogens with one attached hydrogen (secondary N) is 1. The molecule has 0 heterocycles. The average molecular weight is 451 g/mol. The summed E-state index contributed by atoms with van der Waals surface area (Å²) in [7, 11) is -2.12. The van der Waals surface area contributed by atoms with Gasteiger partial charge < -0.3 is 9.64 Å². The topological polar surface area (TPSA) is 75.7 Å². The second-order valence-electron chi connectivity index (χ2n) is 5.59. The van der Waals surface area contributed by atoms with E-state index in [1.165, 1.54) is 23.1 Å². The monoisotopic (exact) mass is 450 g/mol. The van der Waals surface area contributed by atoms with E-state index in [0.717, 1.165) is 4.47 Å². The van der Waals surface area contributed by atoms with Crippen molar-refractivity contribution < 1.29 is 17.9 Å². The Kier molecular flexibility index (Phi) is 7.42. The summed E-state index contributed by atoms with van der Waals surface area (Å²) in [4.78, 5) is 14.0. The fraction of sp³-hybridized carbons (Fsp3) is 0.211. The summed E-state index contributed by atoms with van der Waals surface area (Å²) in [6, 6.07) is 13.2. The Hall–Kier alpha value is -2.34. The van der Waals surface area contributed by atoms with Crippen molar-refractivity contribution in [2.75, 3.05) is 26.7 Å².